The highest BCUT2D eigenvalue weighted by molar-refractivity contribution is 9.09. The molecule has 0 saturated heterocycles. The standard InChI is InChI=1S/C10H9BrClN/c11-7-10(12)6-5-8-3-1-2-4-9(8)13-10/h1-6,13H,7H2. The van der Waals surface area contributed by atoms with Crippen molar-refractivity contribution in [2.24, 2.45) is 0 Å². The predicted octanol–water partition coefficient (Wildman–Crippen LogP) is 3.46. The molecule has 1 aromatic rings. The van der Waals surface area contributed by atoms with Crippen LogP contribution in [0.3, 0.4) is 0 Å². The maximum absolute atomic E-state index is 6.24. The van der Waals surface area contributed by atoms with E-state index in [1.165, 1.54) is 5.56 Å². The number of benzene rings is 1. The average Bonchev–Trinajstić information content (AvgIpc) is 2.18. The van der Waals surface area contributed by atoms with E-state index in [1.54, 1.807) is 0 Å². The van der Waals surface area contributed by atoms with Crippen LogP contribution in [0, 0.1) is 0 Å². The van der Waals surface area contributed by atoms with Gasteiger partial charge in [-0.05, 0) is 17.7 Å². The SMILES string of the molecule is ClC1(CBr)C=Cc2ccccc2N1. The fourth-order valence-electron chi connectivity index (χ4n) is 1.32. The molecule has 1 atom stereocenters. The van der Waals surface area contributed by atoms with Gasteiger partial charge in [-0.25, -0.2) is 0 Å². The number of halogens is 2. The van der Waals surface area contributed by atoms with Crippen LogP contribution in [0.4, 0.5) is 5.69 Å². The molecular weight excluding hydrogens is 249 g/mol. The maximum atomic E-state index is 6.24. The monoisotopic (exact) mass is 257 g/mol. The van der Waals surface area contributed by atoms with Crippen LogP contribution in [0.1, 0.15) is 5.56 Å². The summed E-state index contributed by atoms with van der Waals surface area (Å²) >= 11 is 9.62. The molecule has 0 aliphatic carbocycles. The van der Waals surface area contributed by atoms with Crippen molar-refractivity contribution in [3.63, 3.8) is 0 Å². The Kier molecular flexibility index (Phi) is 2.35. The number of rotatable bonds is 1. The van der Waals surface area contributed by atoms with Gasteiger partial charge in [-0.2, -0.15) is 0 Å². The third kappa shape index (κ3) is 1.74. The van der Waals surface area contributed by atoms with Crippen LogP contribution in [0.2, 0.25) is 0 Å². The minimum Gasteiger partial charge on any atom is -0.362 e. The molecule has 0 spiro atoms. The molecule has 0 aromatic heterocycles. The molecule has 2 rings (SSSR count). The van der Waals surface area contributed by atoms with Crippen molar-refractivity contribution in [2.45, 2.75) is 5.00 Å². The molecule has 1 aliphatic rings. The van der Waals surface area contributed by atoms with Crippen molar-refractivity contribution >= 4 is 39.3 Å². The lowest BCUT2D eigenvalue weighted by atomic mass is 10.1. The zero-order chi connectivity index (χ0) is 9.31. The molecule has 1 heterocycles. The van der Waals surface area contributed by atoms with Crippen LogP contribution >= 0.6 is 27.5 Å². The first kappa shape index (κ1) is 9.10. The fourth-order valence-corrected chi connectivity index (χ4v) is 1.81. The van der Waals surface area contributed by atoms with E-state index in [9.17, 15) is 0 Å². The lowest BCUT2D eigenvalue weighted by molar-refractivity contribution is 0.919. The molecule has 13 heavy (non-hydrogen) atoms. The number of hydrogen-bond donors (Lipinski definition) is 1. The number of alkyl halides is 2. The normalized spacial score (nSPS) is 25.1. The van der Waals surface area contributed by atoms with Gasteiger partial charge in [0.2, 0.25) is 0 Å². The van der Waals surface area contributed by atoms with Crippen LogP contribution in [0.5, 0.6) is 0 Å². The zero-order valence-electron chi connectivity index (χ0n) is 6.93. The number of fused-ring (bicyclic) bond motifs is 1. The lowest BCUT2D eigenvalue weighted by Gasteiger charge is -2.28. The van der Waals surface area contributed by atoms with E-state index < -0.39 is 5.00 Å². The van der Waals surface area contributed by atoms with Gasteiger partial charge in [-0.1, -0.05) is 51.8 Å². The molecule has 3 heteroatoms. The van der Waals surface area contributed by atoms with Crippen molar-refractivity contribution in [1.82, 2.24) is 0 Å². The van der Waals surface area contributed by atoms with Crippen LogP contribution in [-0.4, -0.2) is 10.3 Å². The molecule has 1 unspecified atom stereocenters. The Bertz CT molecular complexity index is 351. The van der Waals surface area contributed by atoms with Crippen molar-refractivity contribution < 1.29 is 0 Å². The van der Waals surface area contributed by atoms with Gasteiger partial charge in [0.15, 0.2) is 0 Å². The summed E-state index contributed by atoms with van der Waals surface area (Å²) in [6.07, 6.45) is 4.01. The summed E-state index contributed by atoms with van der Waals surface area (Å²) in [5.41, 5.74) is 2.26. The summed E-state index contributed by atoms with van der Waals surface area (Å²) in [7, 11) is 0. The first-order valence-corrected chi connectivity index (χ1v) is 5.55. The third-order valence-corrected chi connectivity index (χ3v) is 3.59. The summed E-state index contributed by atoms with van der Waals surface area (Å²) in [5, 5.41) is 3.94. The zero-order valence-corrected chi connectivity index (χ0v) is 9.27. The summed E-state index contributed by atoms with van der Waals surface area (Å²) < 4.78 is 0. The van der Waals surface area contributed by atoms with E-state index >= 15 is 0 Å². The highest BCUT2D eigenvalue weighted by Crippen LogP contribution is 2.31. The van der Waals surface area contributed by atoms with Gasteiger partial charge in [0, 0.05) is 11.0 Å². The van der Waals surface area contributed by atoms with Gasteiger partial charge in [-0.15, -0.1) is 0 Å². The first-order chi connectivity index (χ1) is 6.23. The topological polar surface area (TPSA) is 12.0 Å². The molecule has 0 saturated carbocycles. The van der Waals surface area contributed by atoms with Gasteiger partial charge in [-0.3, -0.25) is 0 Å². The van der Waals surface area contributed by atoms with E-state index in [0.717, 1.165) is 5.69 Å². The van der Waals surface area contributed by atoms with Crippen molar-refractivity contribution in [3.05, 3.63) is 35.9 Å². The largest absolute Gasteiger partial charge is 0.362 e. The lowest BCUT2D eigenvalue weighted by Crippen LogP contribution is -2.33. The van der Waals surface area contributed by atoms with E-state index in [-0.39, 0.29) is 0 Å². The molecule has 0 bridgehead atoms. The molecule has 68 valence electrons. The Morgan fingerprint density at radius 1 is 1.38 bits per heavy atom. The second-order valence-electron chi connectivity index (χ2n) is 3.04. The van der Waals surface area contributed by atoms with E-state index in [0.29, 0.717) is 5.33 Å². The first-order valence-electron chi connectivity index (χ1n) is 4.05. The number of para-hydroxylation sites is 1. The Hall–Kier alpha value is -0.470. The van der Waals surface area contributed by atoms with Gasteiger partial charge in [0.25, 0.3) is 0 Å². The molecule has 0 radical (unpaired) electrons. The van der Waals surface area contributed by atoms with Gasteiger partial charge in [0.05, 0.1) is 0 Å². The average molecular weight is 259 g/mol. The second-order valence-corrected chi connectivity index (χ2v) is 4.28. The quantitative estimate of drug-likeness (QED) is 0.601. The van der Waals surface area contributed by atoms with Gasteiger partial charge < -0.3 is 5.32 Å². The van der Waals surface area contributed by atoms with Crippen molar-refractivity contribution in [2.75, 3.05) is 10.6 Å². The predicted molar refractivity (Wildman–Crippen MR) is 61.5 cm³/mol. The summed E-state index contributed by atoms with van der Waals surface area (Å²) in [6, 6.07) is 8.10. The minimum absolute atomic E-state index is 0.478. The van der Waals surface area contributed by atoms with Crippen LogP contribution in [0.25, 0.3) is 6.08 Å². The van der Waals surface area contributed by atoms with Crippen molar-refractivity contribution in [1.29, 1.82) is 0 Å². The summed E-state index contributed by atoms with van der Waals surface area (Å²) in [6.45, 7) is 0. The van der Waals surface area contributed by atoms with Crippen LogP contribution < -0.4 is 5.32 Å². The van der Waals surface area contributed by atoms with Crippen LogP contribution in [0.15, 0.2) is 30.3 Å². The van der Waals surface area contributed by atoms with Gasteiger partial charge in [0.1, 0.15) is 5.00 Å². The molecule has 1 aliphatic heterocycles. The maximum Gasteiger partial charge on any atom is 0.141 e. The van der Waals surface area contributed by atoms with E-state index in [2.05, 4.69) is 27.3 Å². The van der Waals surface area contributed by atoms with Crippen molar-refractivity contribution in [3.8, 4) is 0 Å². The number of anilines is 1. The Morgan fingerprint density at radius 2 is 2.15 bits per heavy atom. The second kappa shape index (κ2) is 3.35. The highest BCUT2D eigenvalue weighted by Gasteiger charge is 2.25. The van der Waals surface area contributed by atoms with Crippen LogP contribution in [-0.2, 0) is 0 Å². The van der Waals surface area contributed by atoms with E-state index in [1.807, 2.05) is 30.4 Å². The number of nitrogens with one attached hydrogen (secondary N) is 1. The Labute approximate surface area is 90.9 Å². The molecule has 1 N–H and O–H groups in total. The summed E-state index contributed by atoms with van der Waals surface area (Å²) in [5.74, 6) is 0. The molecule has 0 amide bonds. The highest BCUT2D eigenvalue weighted by atomic mass is 79.9. The molecule has 0 fully saturated rings. The molecule has 1 nitrogen and oxygen atoms in total. The third-order valence-electron chi connectivity index (χ3n) is 2.02. The molecular formula is C10H9BrClN. The smallest absolute Gasteiger partial charge is 0.141 e. The number of hydrogen-bond acceptors (Lipinski definition) is 1. The molecule has 1 aromatic carbocycles. The van der Waals surface area contributed by atoms with Gasteiger partial charge >= 0.3 is 0 Å². The fraction of sp³-hybridized carbons (Fsp3) is 0.200. The Morgan fingerprint density at radius 3 is 2.92 bits per heavy atom. The Balaban J connectivity index is 2.39. The summed E-state index contributed by atoms with van der Waals surface area (Å²) in [4.78, 5) is -0.478. The minimum atomic E-state index is -0.478. The van der Waals surface area contributed by atoms with E-state index in [4.69, 9.17) is 11.6 Å².